The number of amides is 5. The summed E-state index contributed by atoms with van der Waals surface area (Å²) in [7, 11) is 0. The summed E-state index contributed by atoms with van der Waals surface area (Å²) in [4.78, 5) is 83.8. The van der Waals surface area contributed by atoms with Gasteiger partial charge in [-0.1, -0.05) is 54.5 Å². The first kappa shape index (κ1) is 47.0. The molecule has 5 amide bonds. The van der Waals surface area contributed by atoms with Crippen molar-refractivity contribution in [3.8, 4) is 29.6 Å². The molecule has 5 atom stereocenters. The van der Waals surface area contributed by atoms with E-state index in [0.717, 1.165) is 49.1 Å². The second-order valence-corrected chi connectivity index (χ2v) is 19.9. The van der Waals surface area contributed by atoms with Gasteiger partial charge in [-0.05, 0) is 87.3 Å². The molecule has 18 heteroatoms. The molecule has 5 aromatic rings. The Morgan fingerprint density at radius 2 is 1.85 bits per heavy atom. The molecule has 7 aliphatic heterocycles. The fourth-order valence-corrected chi connectivity index (χ4v) is 12.0. The average molecular weight is 978 g/mol. The molecule has 2 bridgehead atoms. The highest BCUT2D eigenvalue weighted by Crippen LogP contribution is 2.45. The van der Waals surface area contributed by atoms with Gasteiger partial charge in [0.2, 0.25) is 11.8 Å². The van der Waals surface area contributed by atoms with Gasteiger partial charge in [-0.2, -0.15) is 9.97 Å². The monoisotopic (exact) mass is 977 g/mol. The highest BCUT2D eigenvalue weighted by Gasteiger charge is 2.52. The van der Waals surface area contributed by atoms with Crippen molar-refractivity contribution >= 4 is 57.2 Å². The third-order valence-corrected chi connectivity index (χ3v) is 15.4. The standard InChI is InChI=1S/C54H53F2N9O7/c1-3-36-40(55)17-16-32-11-6-14-37(43(32)36)46-45(56)47-39(25-59-46)48(63-27-33-12-8-13-34(63)24-58-33)62-52(61-47)72-29-54-21-20-35(64(54)26-30(2)23-54)28-71-53(70)57-22-5-4-9-31-10-7-15-38-44(31)51(69)65(50(38)68)41-18-19-42(66)60-49(41)67/h1,6-7,10-11,14-17,25,33-35,41,58H,2,4-5,8-9,12-13,18-24,26-29H2,(H,57,70)(H,60,66,67)/t33?,34?,35-,41?,54-/m0/s1. The van der Waals surface area contributed by atoms with Crippen molar-refractivity contribution in [2.24, 2.45) is 0 Å². The summed E-state index contributed by atoms with van der Waals surface area (Å²) in [6.07, 6.45) is 13.7. The number of anilines is 1. The van der Waals surface area contributed by atoms with Gasteiger partial charge in [0.05, 0.1) is 27.6 Å². The number of benzene rings is 3. The Hall–Kier alpha value is -7.36. The van der Waals surface area contributed by atoms with Gasteiger partial charge in [-0.15, -0.1) is 6.42 Å². The summed E-state index contributed by atoms with van der Waals surface area (Å²) >= 11 is 0. The third-order valence-electron chi connectivity index (χ3n) is 15.4. The molecule has 6 saturated heterocycles. The molecule has 3 unspecified atom stereocenters. The van der Waals surface area contributed by atoms with Crippen LogP contribution in [-0.4, -0.2) is 124 Å². The number of nitrogens with one attached hydrogen (secondary N) is 3. The minimum absolute atomic E-state index is 0.0162. The largest absolute Gasteiger partial charge is 0.461 e. The normalized spacial score (nSPS) is 23.9. The lowest BCUT2D eigenvalue weighted by Crippen LogP contribution is -2.54. The number of nitrogens with zero attached hydrogens (tertiary/aromatic N) is 6. The number of rotatable bonds is 13. The van der Waals surface area contributed by atoms with Crippen LogP contribution in [0.5, 0.6) is 6.01 Å². The number of carbonyl (C=O) groups excluding carboxylic acids is 5. The molecule has 370 valence electrons. The molecule has 0 radical (unpaired) electrons. The van der Waals surface area contributed by atoms with Crippen molar-refractivity contribution in [2.45, 2.75) is 100 Å². The smallest absolute Gasteiger partial charge is 0.407 e. The maximum Gasteiger partial charge on any atom is 0.407 e. The van der Waals surface area contributed by atoms with Gasteiger partial charge in [0.1, 0.15) is 42.1 Å². The number of halogens is 2. The summed E-state index contributed by atoms with van der Waals surface area (Å²) in [5.41, 5.74) is 2.09. The van der Waals surface area contributed by atoms with E-state index in [1.807, 2.05) is 0 Å². The van der Waals surface area contributed by atoms with Gasteiger partial charge in [0, 0.05) is 67.9 Å². The van der Waals surface area contributed by atoms with Crippen LogP contribution in [0.3, 0.4) is 0 Å². The minimum atomic E-state index is -1.04. The summed E-state index contributed by atoms with van der Waals surface area (Å²) in [6, 6.07) is 12.4. The van der Waals surface area contributed by atoms with E-state index in [2.05, 4.69) is 43.2 Å². The molecule has 72 heavy (non-hydrogen) atoms. The number of carbonyl (C=O) groups is 5. The molecule has 3 N–H and O–H groups in total. The van der Waals surface area contributed by atoms with E-state index >= 15 is 8.78 Å². The van der Waals surface area contributed by atoms with Gasteiger partial charge in [0.25, 0.3) is 11.8 Å². The SMILES string of the molecule is C#Cc1c(F)ccc2cccc(-c3ncc4c(N5CC6CCCC5CN6)nc(OC[C@@]56CC[C@@H](COC(=O)NCCCCc7cccc8c7C(=O)N(C7CCC(=O)NC7=O)C8=O)N5CC(=C)C6)nc4c3F)c12. The number of terminal acetylenes is 1. The van der Waals surface area contributed by atoms with Gasteiger partial charge in [0.15, 0.2) is 5.82 Å². The van der Waals surface area contributed by atoms with Crippen LogP contribution in [0.2, 0.25) is 0 Å². The van der Waals surface area contributed by atoms with Gasteiger partial charge < -0.3 is 25.0 Å². The van der Waals surface area contributed by atoms with Crippen molar-refractivity contribution in [1.29, 1.82) is 0 Å². The van der Waals surface area contributed by atoms with Gasteiger partial charge >= 0.3 is 12.1 Å². The Balaban J connectivity index is 0.753. The molecule has 0 spiro atoms. The molecule has 9 heterocycles. The average Bonchev–Trinajstić information content (AvgIpc) is 3.80. The predicted octanol–water partition coefficient (Wildman–Crippen LogP) is 6.13. The summed E-state index contributed by atoms with van der Waals surface area (Å²) < 4.78 is 44.7. The van der Waals surface area contributed by atoms with Crippen LogP contribution in [0.25, 0.3) is 32.9 Å². The van der Waals surface area contributed by atoms with Crippen LogP contribution in [-0.2, 0) is 20.7 Å². The minimum Gasteiger partial charge on any atom is -0.461 e. The Morgan fingerprint density at radius 1 is 1.00 bits per heavy atom. The predicted molar refractivity (Wildman–Crippen MR) is 262 cm³/mol. The number of fused-ring (bicyclic) bond motifs is 8. The second-order valence-electron chi connectivity index (χ2n) is 19.9. The van der Waals surface area contributed by atoms with Crippen LogP contribution in [0.15, 0.2) is 66.9 Å². The molecule has 6 fully saturated rings. The first-order valence-electron chi connectivity index (χ1n) is 24.8. The van der Waals surface area contributed by atoms with E-state index in [1.165, 1.54) is 6.07 Å². The molecule has 12 rings (SSSR count). The van der Waals surface area contributed by atoms with E-state index in [9.17, 15) is 24.0 Å². The van der Waals surface area contributed by atoms with Crippen LogP contribution in [0.1, 0.15) is 96.1 Å². The Bertz CT molecular complexity index is 3160. The van der Waals surface area contributed by atoms with Crippen LogP contribution >= 0.6 is 0 Å². The first-order chi connectivity index (χ1) is 34.9. The third kappa shape index (κ3) is 8.37. The van der Waals surface area contributed by atoms with Crippen LogP contribution in [0, 0.1) is 24.0 Å². The van der Waals surface area contributed by atoms with Gasteiger partial charge in [-0.3, -0.25) is 39.3 Å². The zero-order valence-corrected chi connectivity index (χ0v) is 39.6. The molecular weight excluding hydrogens is 925 g/mol. The van der Waals surface area contributed by atoms with E-state index in [1.54, 1.807) is 48.7 Å². The summed E-state index contributed by atoms with van der Waals surface area (Å²) in [5, 5.41) is 10.2. The molecule has 0 saturated carbocycles. The van der Waals surface area contributed by atoms with Crippen molar-refractivity contribution in [3.63, 3.8) is 0 Å². The highest BCUT2D eigenvalue weighted by atomic mass is 19.1. The van der Waals surface area contributed by atoms with E-state index in [4.69, 9.17) is 25.9 Å². The Labute approximate surface area is 413 Å². The van der Waals surface area contributed by atoms with Crippen molar-refractivity contribution < 1.29 is 42.2 Å². The maximum atomic E-state index is 17.3. The number of unbranched alkanes of at least 4 members (excludes halogenated alkanes) is 1. The zero-order chi connectivity index (χ0) is 49.8. The number of aromatic nitrogens is 3. The van der Waals surface area contributed by atoms with Crippen LogP contribution in [0.4, 0.5) is 19.4 Å². The van der Waals surface area contributed by atoms with Crippen molar-refractivity contribution in [3.05, 3.63) is 101 Å². The molecule has 3 aromatic carbocycles. The quantitative estimate of drug-likeness (QED) is 0.0530. The zero-order valence-electron chi connectivity index (χ0n) is 39.6. The highest BCUT2D eigenvalue weighted by molar-refractivity contribution is 6.24. The number of aryl methyl sites for hydroxylation is 1. The number of piperidine rings is 1. The first-order valence-corrected chi connectivity index (χ1v) is 24.8. The fraction of sp³-hybridized carbons (Fsp3) is 0.407. The summed E-state index contributed by atoms with van der Waals surface area (Å²) in [5.74, 6) is -0.476. The number of hydrogen-bond donors (Lipinski definition) is 3. The number of imide groups is 2. The Morgan fingerprint density at radius 3 is 2.69 bits per heavy atom. The molecular formula is C54H53F2N9O7. The van der Waals surface area contributed by atoms with E-state index in [0.29, 0.717) is 78.4 Å². The lowest BCUT2D eigenvalue weighted by atomic mass is 9.94. The van der Waals surface area contributed by atoms with E-state index in [-0.39, 0.29) is 78.1 Å². The van der Waals surface area contributed by atoms with Gasteiger partial charge in [-0.25, -0.2) is 13.6 Å². The number of pyridine rings is 1. The second kappa shape index (κ2) is 19.0. The number of ether oxygens (including phenoxy) is 2. The van der Waals surface area contributed by atoms with Crippen molar-refractivity contribution in [2.75, 3.05) is 44.3 Å². The number of hydrogen-bond acceptors (Lipinski definition) is 13. The summed E-state index contributed by atoms with van der Waals surface area (Å²) in [6.45, 7) is 6.99. The van der Waals surface area contributed by atoms with Crippen molar-refractivity contribution in [1.82, 2.24) is 40.7 Å². The molecule has 7 aliphatic rings. The fourth-order valence-electron chi connectivity index (χ4n) is 12.0. The maximum absolute atomic E-state index is 17.3. The van der Waals surface area contributed by atoms with E-state index < -0.39 is 52.9 Å². The van der Waals surface area contributed by atoms with Crippen LogP contribution < -0.4 is 25.6 Å². The lowest BCUT2D eigenvalue weighted by molar-refractivity contribution is -0.136. The molecule has 2 aromatic heterocycles. The molecule has 0 aliphatic carbocycles. The molecule has 16 nitrogen and oxygen atoms in total. The lowest BCUT2D eigenvalue weighted by Gasteiger charge is -2.39. The number of piperazine rings is 1. The topological polar surface area (TPSA) is 188 Å². The number of alkyl carbamates (subject to hydrolysis) is 1. The Kier molecular flexibility index (Phi) is 12.4.